The second-order valence-corrected chi connectivity index (χ2v) is 15.4. The van der Waals surface area contributed by atoms with Gasteiger partial charge in [0.15, 0.2) is 0 Å². The fraction of sp³-hybridized carbons (Fsp3) is 0.935. The maximum absolute atomic E-state index is 12.8. The number of carbonyl (C=O) groups is 2. The molecule has 5 heteroatoms. The normalized spacial score (nSPS) is 51.4. The average molecular weight is 502 g/mol. The van der Waals surface area contributed by atoms with Gasteiger partial charge in [0.1, 0.15) is 6.10 Å². The number of hydrogen-bond donors (Lipinski definition) is 2. The van der Waals surface area contributed by atoms with Crippen LogP contribution in [-0.4, -0.2) is 23.3 Å². The van der Waals surface area contributed by atoms with E-state index in [-0.39, 0.29) is 27.8 Å². The van der Waals surface area contributed by atoms with Gasteiger partial charge in [0.2, 0.25) is 0 Å². The van der Waals surface area contributed by atoms with E-state index in [1.807, 2.05) is 0 Å². The van der Waals surface area contributed by atoms with Gasteiger partial charge in [0.25, 0.3) is 0 Å². The van der Waals surface area contributed by atoms with Crippen molar-refractivity contribution in [1.29, 1.82) is 0 Å². The molecule has 0 spiro atoms. The van der Waals surface area contributed by atoms with Crippen LogP contribution in [-0.2, 0) is 9.53 Å². The van der Waals surface area contributed by atoms with Crippen LogP contribution in [0.1, 0.15) is 113 Å². The summed E-state index contributed by atoms with van der Waals surface area (Å²) in [5, 5.41) is 10.6. The quantitative estimate of drug-likeness (QED) is 0.425. The molecule has 5 nitrogen and oxygen atoms in total. The Bertz CT molecular complexity index is 930. The zero-order valence-corrected chi connectivity index (χ0v) is 23.9. The summed E-state index contributed by atoms with van der Waals surface area (Å²) in [6, 6.07) is 0. The lowest BCUT2D eigenvalue weighted by molar-refractivity contribution is -0.249. The molecular formula is C31H51NO4. The Morgan fingerprint density at radius 2 is 1.53 bits per heavy atom. The topological polar surface area (TPSA) is 89.6 Å². The number of carboxylic acid groups (broad SMARTS) is 1. The molecule has 5 rings (SSSR count). The molecule has 3 N–H and O–H groups in total. The maximum Gasteiger partial charge on any atom is 0.404 e. The number of carbonyl (C=O) groups excluding carboxylic acids is 1. The first-order valence-electron chi connectivity index (χ1n) is 14.8. The number of rotatable bonds is 3. The Balaban J connectivity index is 1.52. The van der Waals surface area contributed by atoms with E-state index < -0.39 is 17.5 Å². The van der Waals surface area contributed by atoms with Crippen molar-refractivity contribution in [2.45, 2.75) is 119 Å². The van der Waals surface area contributed by atoms with Crippen LogP contribution in [0.4, 0.5) is 4.79 Å². The number of amides is 1. The van der Waals surface area contributed by atoms with Gasteiger partial charge in [-0.1, -0.05) is 48.5 Å². The summed E-state index contributed by atoms with van der Waals surface area (Å²) in [7, 11) is 0. The molecule has 0 radical (unpaired) electrons. The average Bonchev–Trinajstić information content (AvgIpc) is 3.17. The molecule has 204 valence electrons. The lowest BCUT2D eigenvalue weighted by Crippen LogP contribution is -2.67. The summed E-state index contributed by atoms with van der Waals surface area (Å²) < 4.78 is 5.67. The number of aliphatic carboxylic acids is 1. The van der Waals surface area contributed by atoms with Crippen LogP contribution in [0.3, 0.4) is 0 Å². The molecule has 5 aliphatic rings. The summed E-state index contributed by atoms with van der Waals surface area (Å²) in [5.74, 6) is 2.48. The van der Waals surface area contributed by atoms with Crippen LogP contribution < -0.4 is 5.73 Å². The monoisotopic (exact) mass is 501 g/mol. The van der Waals surface area contributed by atoms with E-state index >= 15 is 0 Å². The van der Waals surface area contributed by atoms with Crippen LogP contribution in [0.25, 0.3) is 0 Å². The summed E-state index contributed by atoms with van der Waals surface area (Å²) >= 11 is 0. The molecule has 4 unspecified atom stereocenters. The van der Waals surface area contributed by atoms with Gasteiger partial charge in [0, 0.05) is 5.41 Å². The van der Waals surface area contributed by atoms with E-state index in [1.54, 1.807) is 0 Å². The van der Waals surface area contributed by atoms with E-state index in [4.69, 9.17) is 10.5 Å². The fourth-order valence-electron chi connectivity index (χ4n) is 12.1. The van der Waals surface area contributed by atoms with Gasteiger partial charge in [0.05, 0.1) is 5.41 Å². The molecule has 0 bridgehead atoms. The fourth-order valence-corrected chi connectivity index (χ4v) is 12.1. The third-order valence-electron chi connectivity index (χ3n) is 14.0. The summed E-state index contributed by atoms with van der Waals surface area (Å²) in [5.41, 5.74) is 5.46. The Hall–Kier alpha value is -1.26. The summed E-state index contributed by atoms with van der Waals surface area (Å²) in [4.78, 5) is 24.5. The predicted octanol–water partition coefficient (Wildman–Crippen LogP) is 7.27. The minimum atomic E-state index is -0.647. The Morgan fingerprint density at radius 3 is 2.14 bits per heavy atom. The first-order valence-corrected chi connectivity index (χ1v) is 14.8. The van der Waals surface area contributed by atoms with E-state index in [9.17, 15) is 14.7 Å². The molecule has 0 aromatic heterocycles. The molecule has 1 amide bonds. The van der Waals surface area contributed by atoms with E-state index in [0.717, 1.165) is 44.9 Å². The third kappa shape index (κ3) is 3.19. The zero-order valence-electron chi connectivity index (χ0n) is 23.9. The van der Waals surface area contributed by atoms with Gasteiger partial charge < -0.3 is 15.6 Å². The van der Waals surface area contributed by atoms with Crippen LogP contribution in [0, 0.1) is 62.6 Å². The molecule has 5 saturated carbocycles. The van der Waals surface area contributed by atoms with Crippen molar-refractivity contribution in [2.75, 3.05) is 0 Å². The highest BCUT2D eigenvalue weighted by Gasteiger charge is 2.72. The molecule has 0 aromatic carbocycles. The molecule has 36 heavy (non-hydrogen) atoms. The van der Waals surface area contributed by atoms with Crippen molar-refractivity contribution in [3.05, 3.63) is 0 Å². The number of carboxylic acids is 1. The van der Waals surface area contributed by atoms with Crippen molar-refractivity contribution < 1.29 is 19.4 Å². The minimum Gasteiger partial charge on any atom is -0.481 e. The van der Waals surface area contributed by atoms with Crippen molar-refractivity contribution in [3.63, 3.8) is 0 Å². The molecule has 0 aromatic rings. The van der Waals surface area contributed by atoms with Gasteiger partial charge in [-0.3, -0.25) is 4.79 Å². The highest BCUT2D eigenvalue weighted by Crippen LogP contribution is 2.77. The van der Waals surface area contributed by atoms with E-state index in [0.29, 0.717) is 35.5 Å². The van der Waals surface area contributed by atoms with Crippen molar-refractivity contribution in [2.24, 2.45) is 68.3 Å². The van der Waals surface area contributed by atoms with Crippen molar-refractivity contribution >= 4 is 12.1 Å². The first kappa shape index (κ1) is 26.4. The summed E-state index contributed by atoms with van der Waals surface area (Å²) in [6.45, 7) is 17.0. The summed E-state index contributed by atoms with van der Waals surface area (Å²) in [6.07, 6.45) is 9.78. The molecule has 0 heterocycles. The third-order valence-corrected chi connectivity index (χ3v) is 14.0. The van der Waals surface area contributed by atoms with Crippen LogP contribution >= 0.6 is 0 Å². The van der Waals surface area contributed by atoms with Crippen LogP contribution in [0.5, 0.6) is 0 Å². The van der Waals surface area contributed by atoms with E-state index in [1.165, 1.54) is 19.3 Å². The number of hydrogen-bond acceptors (Lipinski definition) is 3. The molecule has 0 saturated heterocycles. The van der Waals surface area contributed by atoms with Crippen LogP contribution in [0.2, 0.25) is 0 Å². The second-order valence-electron chi connectivity index (χ2n) is 15.4. The SMILES string of the molecule is CC(C)[C@@H]1CC[C@]2(C(=O)O)CC[C@]3(C)C(CCC4[C@@]5(C)CC[C@@H](OC(N)=O)C(C)(C)C5CC[C@]43C)C12. The van der Waals surface area contributed by atoms with Gasteiger partial charge >= 0.3 is 12.1 Å². The van der Waals surface area contributed by atoms with Gasteiger partial charge in [-0.05, 0) is 116 Å². The first-order chi connectivity index (χ1) is 16.6. The highest BCUT2D eigenvalue weighted by atomic mass is 16.6. The molecule has 0 aliphatic heterocycles. The highest BCUT2D eigenvalue weighted by molar-refractivity contribution is 5.76. The standard InChI is InChI=1S/C31H51NO4/c1-18(2)19-10-15-31(25(33)34)17-16-29(6)20(24(19)31)8-9-22-28(5)13-12-23(36-26(32)35)27(3,4)21(28)11-14-30(22,29)7/h18-24H,8-17H2,1-7H3,(H2,32,35)(H,33,34)/t19-,20?,21?,22?,23+,24?,28-,29+,30+,31-/m0/s1. The smallest absolute Gasteiger partial charge is 0.404 e. The predicted molar refractivity (Wildman–Crippen MR) is 141 cm³/mol. The lowest BCUT2D eigenvalue weighted by Gasteiger charge is -2.72. The minimum absolute atomic E-state index is 0.0969. The van der Waals surface area contributed by atoms with Crippen molar-refractivity contribution in [3.8, 4) is 0 Å². The molecule has 5 aliphatic carbocycles. The molecule has 5 fully saturated rings. The van der Waals surface area contributed by atoms with E-state index in [2.05, 4.69) is 48.5 Å². The Morgan fingerprint density at radius 1 is 0.833 bits per heavy atom. The Labute approximate surface area is 218 Å². The van der Waals surface area contributed by atoms with Crippen LogP contribution in [0.15, 0.2) is 0 Å². The number of nitrogens with two attached hydrogens (primary N) is 1. The lowest BCUT2D eigenvalue weighted by atomic mass is 9.32. The number of primary amides is 1. The zero-order chi connectivity index (χ0) is 26.5. The van der Waals surface area contributed by atoms with Gasteiger partial charge in [-0.25, -0.2) is 4.79 Å². The number of fused-ring (bicyclic) bond motifs is 7. The van der Waals surface area contributed by atoms with Crippen molar-refractivity contribution in [1.82, 2.24) is 0 Å². The number of ether oxygens (including phenoxy) is 1. The van der Waals surface area contributed by atoms with Gasteiger partial charge in [-0.2, -0.15) is 0 Å². The Kier molecular flexibility index (Phi) is 5.94. The van der Waals surface area contributed by atoms with Gasteiger partial charge in [-0.15, -0.1) is 0 Å². The second kappa shape index (κ2) is 8.12. The molecule has 10 atom stereocenters. The molecular weight excluding hydrogens is 450 g/mol. The maximum atomic E-state index is 12.8. The largest absolute Gasteiger partial charge is 0.481 e.